The second-order valence-electron chi connectivity index (χ2n) is 7.91. The molecule has 4 aromatic rings. The van der Waals surface area contributed by atoms with E-state index in [1.54, 1.807) is 7.11 Å². The molecule has 0 saturated carbocycles. The van der Waals surface area contributed by atoms with Gasteiger partial charge in [-0.3, -0.25) is 9.36 Å². The van der Waals surface area contributed by atoms with Crippen molar-refractivity contribution in [2.24, 2.45) is 0 Å². The van der Waals surface area contributed by atoms with Gasteiger partial charge in [-0.2, -0.15) is 0 Å². The Balaban J connectivity index is 1.46. The summed E-state index contributed by atoms with van der Waals surface area (Å²) in [6, 6.07) is 26.2. The molecule has 3 aromatic carbocycles. The number of benzene rings is 3. The molecule has 0 radical (unpaired) electrons. The van der Waals surface area contributed by atoms with Crippen LogP contribution in [0.2, 0.25) is 0 Å². The van der Waals surface area contributed by atoms with Crippen molar-refractivity contribution in [3.05, 3.63) is 90.0 Å². The lowest BCUT2D eigenvalue weighted by Crippen LogP contribution is -2.26. The van der Waals surface area contributed by atoms with Crippen molar-refractivity contribution in [3.63, 3.8) is 0 Å². The van der Waals surface area contributed by atoms with Crippen LogP contribution in [0.15, 0.2) is 84.0 Å². The van der Waals surface area contributed by atoms with E-state index in [0.717, 1.165) is 29.8 Å². The fraction of sp³-hybridized carbons (Fsp3) is 0.222. The minimum atomic E-state index is -0.0182. The molecule has 0 fully saturated rings. The smallest absolute Gasteiger partial charge is 0.230 e. The zero-order chi connectivity index (χ0) is 23.8. The van der Waals surface area contributed by atoms with Crippen LogP contribution in [0.1, 0.15) is 17.5 Å². The highest BCUT2D eigenvalue weighted by atomic mass is 32.2. The standard InChI is InChI=1S/C27H28N4O2S/c1-20-14-16-22(17-15-20)31-26(23-12-6-7-13-24(23)33-2)29-30-27(31)34-19-25(32)28-18-8-11-21-9-4-3-5-10-21/h3-7,9-10,12-17H,8,11,18-19H2,1-2H3,(H,28,32). The molecule has 4 rings (SSSR count). The van der Waals surface area contributed by atoms with Gasteiger partial charge in [0, 0.05) is 12.2 Å². The third-order valence-electron chi connectivity index (χ3n) is 5.41. The highest BCUT2D eigenvalue weighted by Crippen LogP contribution is 2.33. The van der Waals surface area contributed by atoms with Crippen molar-refractivity contribution in [2.45, 2.75) is 24.9 Å². The second-order valence-corrected chi connectivity index (χ2v) is 8.85. The van der Waals surface area contributed by atoms with Gasteiger partial charge in [0.15, 0.2) is 11.0 Å². The average molecular weight is 473 g/mol. The number of ether oxygens (including phenoxy) is 1. The van der Waals surface area contributed by atoms with Gasteiger partial charge in [-0.25, -0.2) is 0 Å². The first kappa shape index (κ1) is 23.6. The number of nitrogens with zero attached hydrogens (tertiary/aromatic N) is 3. The Kier molecular flexibility index (Phi) is 7.99. The van der Waals surface area contributed by atoms with Crippen LogP contribution in [0.5, 0.6) is 5.75 Å². The highest BCUT2D eigenvalue weighted by Gasteiger charge is 2.19. The molecule has 1 heterocycles. The number of aryl methyl sites for hydroxylation is 2. The predicted octanol–water partition coefficient (Wildman–Crippen LogP) is 5.09. The van der Waals surface area contributed by atoms with Crippen LogP contribution in [-0.2, 0) is 11.2 Å². The Morgan fingerprint density at radius 3 is 2.47 bits per heavy atom. The van der Waals surface area contributed by atoms with Gasteiger partial charge in [0.2, 0.25) is 5.91 Å². The molecule has 1 aromatic heterocycles. The predicted molar refractivity (Wildman–Crippen MR) is 137 cm³/mol. The molecular formula is C27H28N4O2S. The van der Waals surface area contributed by atoms with Gasteiger partial charge < -0.3 is 10.1 Å². The summed E-state index contributed by atoms with van der Waals surface area (Å²) in [7, 11) is 1.64. The maximum Gasteiger partial charge on any atom is 0.230 e. The molecule has 0 saturated heterocycles. The van der Waals surface area contributed by atoms with E-state index < -0.39 is 0 Å². The van der Waals surface area contributed by atoms with Crippen LogP contribution in [0, 0.1) is 6.92 Å². The SMILES string of the molecule is COc1ccccc1-c1nnc(SCC(=O)NCCCc2ccccc2)n1-c1ccc(C)cc1. The molecule has 174 valence electrons. The minimum absolute atomic E-state index is 0.0182. The van der Waals surface area contributed by atoms with E-state index in [2.05, 4.69) is 46.7 Å². The first-order valence-electron chi connectivity index (χ1n) is 11.2. The van der Waals surface area contributed by atoms with Crippen molar-refractivity contribution in [2.75, 3.05) is 19.4 Å². The van der Waals surface area contributed by atoms with E-state index in [0.29, 0.717) is 17.5 Å². The van der Waals surface area contributed by atoms with E-state index in [1.165, 1.54) is 22.9 Å². The average Bonchev–Trinajstić information content (AvgIpc) is 3.30. The number of hydrogen-bond acceptors (Lipinski definition) is 5. The van der Waals surface area contributed by atoms with E-state index in [4.69, 9.17) is 4.74 Å². The summed E-state index contributed by atoms with van der Waals surface area (Å²) in [6.07, 6.45) is 1.84. The number of hydrogen-bond donors (Lipinski definition) is 1. The van der Waals surface area contributed by atoms with Crippen molar-refractivity contribution in [1.82, 2.24) is 20.1 Å². The molecule has 0 atom stereocenters. The number of rotatable bonds is 10. The highest BCUT2D eigenvalue weighted by molar-refractivity contribution is 7.99. The van der Waals surface area contributed by atoms with Crippen LogP contribution < -0.4 is 10.1 Å². The van der Waals surface area contributed by atoms with Gasteiger partial charge >= 0.3 is 0 Å². The lowest BCUT2D eigenvalue weighted by Gasteiger charge is -2.13. The maximum atomic E-state index is 12.5. The Hall–Kier alpha value is -3.58. The third kappa shape index (κ3) is 5.85. The summed E-state index contributed by atoms with van der Waals surface area (Å²) in [5, 5.41) is 12.5. The number of thioether (sulfide) groups is 1. The van der Waals surface area contributed by atoms with Crippen LogP contribution in [0.25, 0.3) is 17.1 Å². The summed E-state index contributed by atoms with van der Waals surface area (Å²) in [4.78, 5) is 12.5. The summed E-state index contributed by atoms with van der Waals surface area (Å²) in [6.45, 7) is 2.69. The largest absolute Gasteiger partial charge is 0.496 e. The zero-order valence-corrected chi connectivity index (χ0v) is 20.2. The first-order chi connectivity index (χ1) is 16.7. The normalized spacial score (nSPS) is 10.8. The van der Waals surface area contributed by atoms with Crippen LogP contribution >= 0.6 is 11.8 Å². The third-order valence-corrected chi connectivity index (χ3v) is 6.34. The van der Waals surface area contributed by atoms with Crippen molar-refractivity contribution in [3.8, 4) is 22.8 Å². The van der Waals surface area contributed by atoms with E-state index in [9.17, 15) is 4.79 Å². The molecule has 0 aliphatic rings. The van der Waals surface area contributed by atoms with Crippen molar-refractivity contribution < 1.29 is 9.53 Å². The molecule has 1 amide bonds. The molecule has 0 aliphatic heterocycles. The van der Waals surface area contributed by atoms with Gasteiger partial charge in [0.05, 0.1) is 18.4 Å². The fourth-order valence-corrected chi connectivity index (χ4v) is 4.42. The Labute approximate surface area is 204 Å². The van der Waals surface area contributed by atoms with E-state index >= 15 is 0 Å². The molecule has 0 bridgehead atoms. The maximum absolute atomic E-state index is 12.5. The zero-order valence-electron chi connectivity index (χ0n) is 19.4. The topological polar surface area (TPSA) is 69.0 Å². The molecule has 0 aliphatic carbocycles. The van der Waals surface area contributed by atoms with Crippen molar-refractivity contribution in [1.29, 1.82) is 0 Å². The number of nitrogens with one attached hydrogen (secondary N) is 1. The van der Waals surface area contributed by atoms with E-state index in [1.807, 2.05) is 59.2 Å². The fourth-order valence-electron chi connectivity index (χ4n) is 3.64. The van der Waals surface area contributed by atoms with Crippen LogP contribution in [-0.4, -0.2) is 40.1 Å². The molecule has 7 heteroatoms. The van der Waals surface area contributed by atoms with Crippen LogP contribution in [0.4, 0.5) is 0 Å². The van der Waals surface area contributed by atoms with Crippen LogP contribution in [0.3, 0.4) is 0 Å². The molecule has 0 unspecified atom stereocenters. The molecule has 1 N–H and O–H groups in total. The quantitative estimate of drug-likeness (QED) is 0.257. The number of aromatic nitrogens is 3. The summed E-state index contributed by atoms with van der Waals surface area (Å²) >= 11 is 1.37. The molecule has 6 nitrogen and oxygen atoms in total. The number of para-hydroxylation sites is 1. The van der Waals surface area contributed by atoms with Gasteiger partial charge in [-0.15, -0.1) is 10.2 Å². The number of carbonyl (C=O) groups excluding carboxylic acids is 1. The lowest BCUT2D eigenvalue weighted by atomic mass is 10.1. The number of amides is 1. The minimum Gasteiger partial charge on any atom is -0.496 e. The summed E-state index contributed by atoms with van der Waals surface area (Å²) < 4.78 is 7.53. The van der Waals surface area contributed by atoms with Gasteiger partial charge in [0.1, 0.15) is 5.75 Å². The van der Waals surface area contributed by atoms with Gasteiger partial charge in [-0.1, -0.05) is 71.9 Å². The van der Waals surface area contributed by atoms with Crippen molar-refractivity contribution >= 4 is 17.7 Å². The second kappa shape index (κ2) is 11.5. The van der Waals surface area contributed by atoms with Gasteiger partial charge in [0.25, 0.3) is 0 Å². The molecule has 0 spiro atoms. The van der Waals surface area contributed by atoms with Gasteiger partial charge in [-0.05, 0) is 49.6 Å². The van der Waals surface area contributed by atoms with E-state index in [-0.39, 0.29) is 11.7 Å². The summed E-state index contributed by atoms with van der Waals surface area (Å²) in [5.41, 5.74) is 4.22. The Morgan fingerprint density at radius 1 is 0.971 bits per heavy atom. The monoisotopic (exact) mass is 472 g/mol. The summed E-state index contributed by atoms with van der Waals surface area (Å²) in [5.74, 6) is 1.64. The number of methoxy groups -OCH3 is 1. The number of carbonyl (C=O) groups is 1. The lowest BCUT2D eigenvalue weighted by molar-refractivity contribution is -0.118. The molecule has 34 heavy (non-hydrogen) atoms. The first-order valence-corrected chi connectivity index (χ1v) is 12.2. The Morgan fingerprint density at radius 2 is 1.71 bits per heavy atom. The Bertz CT molecular complexity index is 1220. The molecular weight excluding hydrogens is 444 g/mol.